The summed E-state index contributed by atoms with van der Waals surface area (Å²) in [4.78, 5) is 6.18. The van der Waals surface area contributed by atoms with Crippen LogP contribution in [0, 0.1) is 47.9 Å². The number of rotatable bonds is 8. The van der Waals surface area contributed by atoms with Crippen LogP contribution < -0.4 is 4.74 Å². The van der Waals surface area contributed by atoms with Crippen LogP contribution in [0.4, 0.5) is 17.6 Å². The Morgan fingerprint density at radius 1 is 1.16 bits per heavy atom. The number of aliphatic hydroxyl groups excluding tert-OH is 1. The number of methoxy groups -OCH3 is 1. The lowest BCUT2D eigenvalue weighted by Crippen LogP contribution is -2.40. The van der Waals surface area contributed by atoms with Crippen LogP contribution >= 0.6 is 0 Å². The van der Waals surface area contributed by atoms with E-state index in [1.807, 2.05) is 37.3 Å². The van der Waals surface area contributed by atoms with Crippen molar-refractivity contribution in [2.24, 2.45) is 17.8 Å². The molecule has 3 aromatic rings. The van der Waals surface area contributed by atoms with Gasteiger partial charge < -0.3 is 9.84 Å². The van der Waals surface area contributed by atoms with Crippen LogP contribution in [0.15, 0.2) is 43.1 Å². The molecule has 1 aliphatic heterocycles. The van der Waals surface area contributed by atoms with Crippen molar-refractivity contribution in [3.63, 3.8) is 0 Å². The predicted molar refractivity (Wildman–Crippen MR) is 135 cm³/mol. The van der Waals surface area contributed by atoms with Crippen molar-refractivity contribution in [1.82, 2.24) is 9.88 Å². The normalized spacial score (nSPS) is 20.1. The summed E-state index contributed by atoms with van der Waals surface area (Å²) in [6.07, 6.45) is 4.16. The Morgan fingerprint density at radius 3 is 2.51 bits per heavy atom. The van der Waals surface area contributed by atoms with Crippen LogP contribution in [0.1, 0.15) is 42.6 Å². The summed E-state index contributed by atoms with van der Waals surface area (Å²) in [5.74, 6) is -4.63. The number of likely N-dealkylation sites (tertiary alicyclic amines) is 1. The number of fused-ring (bicyclic) bond motifs is 1. The van der Waals surface area contributed by atoms with E-state index in [0.717, 1.165) is 23.4 Å². The molecule has 2 unspecified atom stereocenters. The molecule has 4 rings (SSSR count). The fourth-order valence-electron chi connectivity index (χ4n) is 5.40. The molecule has 0 spiro atoms. The molecule has 0 bridgehead atoms. The van der Waals surface area contributed by atoms with E-state index >= 15 is 0 Å². The fraction of sp³-hybridized carbons (Fsp3) is 0.414. The fourth-order valence-corrected chi connectivity index (χ4v) is 5.40. The first-order valence-corrected chi connectivity index (χ1v) is 12.4. The molecule has 4 nitrogen and oxygen atoms in total. The summed E-state index contributed by atoms with van der Waals surface area (Å²) in [6.45, 7) is 7.67. The number of aromatic nitrogens is 1. The molecule has 0 radical (unpaired) electrons. The Hall–Kier alpha value is -2.97. The second-order valence-electron chi connectivity index (χ2n) is 9.98. The highest BCUT2D eigenvalue weighted by molar-refractivity contribution is 5.83. The minimum Gasteiger partial charge on any atom is -0.497 e. The van der Waals surface area contributed by atoms with Crippen molar-refractivity contribution in [3.05, 3.63) is 83.1 Å². The molecule has 2 aromatic carbocycles. The van der Waals surface area contributed by atoms with Crippen molar-refractivity contribution in [1.29, 1.82) is 0 Å². The SMILES string of the molecule is C=CC1CN(Cc2c(F)c(F)c(C)c(F)c2F)CCC1C[C@H](C)[C@H](O)c1ccnc2ccc(OC)cc12. The molecule has 0 amide bonds. The molecule has 2 heterocycles. The zero-order valence-electron chi connectivity index (χ0n) is 21.3. The lowest BCUT2D eigenvalue weighted by molar-refractivity contribution is 0.0714. The number of ether oxygens (including phenoxy) is 1. The standard InChI is InChI=1S/C29H32F4N2O2/c1-5-18-14-35(15-23-27(32)25(30)17(3)26(31)28(23)33)11-9-19(18)12-16(2)29(36)21-8-10-34-24-7-6-20(37-4)13-22(21)24/h5-8,10,13,16,18-19,29,36H,1,9,11-12,14-15H2,2-4H3/t16-,18?,19?,29-/m0/s1. The van der Waals surface area contributed by atoms with Gasteiger partial charge in [0, 0.05) is 35.8 Å². The van der Waals surface area contributed by atoms with Crippen molar-refractivity contribution in [2.75, 3.05) is 20.2 Å². The van der Waals surface area contributed by atoms with Gasteiger partial charge in [0.25, 0.3) is 0 Å². The van der Waals surface area contributed by atoms with Crippen LogP contribution in [0.5, 0.6) is 5.75 Å². The van der Waals surface area contributed by atoms with Gasteiger partial charge in [0.1, 0.15) is 5.75 Å². The van der Waals surface area contributed by atoms with Gasteiger partial charge >= 0.3 is 0 Å². The molecule has 37 heavy (non-hydrogen) atoms. The van der Waals surface area contributed by atoms with Gasteiger partial charge in [-0.05, 0) is 73.9 Å². The van der Waals surface area contributed by atoms with E-state index in [0.29, 0.717) is 31.7 Å². The van der Waals surface area contributed by atoms with Crippen LogP contribution in [0.25, 0.3) is 10.9 Å². The Morgan fingerprint density at radius 2 is 1.86 bits per heavy atom. The molecule has 1 fully saturated rings. The highest BCUT2D eigenvalue weighted by Gasteiger charge is 2.32. The molecule has 1 saturated heterocycles. The maximum atomic E-state index is 14.4. The molecular formula is C29H32F4N2O2. The number of hydrogen-bond donors (Lipinski definition) is 1. The minimum atomic E-state index is -1.35. The molecule has 0 aliphatic carbocycles. The summed E-state index contributed by atoms with van der Waals surface area (Å²) < 4.78 is 62.3. The van der Waals surface area contributed by atoms with Crippen molar-refractivity contribution in [2.45, 2.75) is 39.3 Å². The number of benzene rings is 2. The van der Waals surface area contributed by atoms with Gasteiger partial charge in [-0.15, -0.1) is 6.58 Å². The van der Waals surface area contributed by atoms with E-state index in [4.69, 9.17) is 4.74 Å². The van der Waals surface area contributed by atoms with Gasteiger partial charge in [-0.2, -0.15) is 0 Å². The highest BCUT2D eigenvalue weighted by Crippen LogP contribution is 2.37. The lowest BCUT2D eigenvalue weighted by Gasteiger charge is -2.39. The molecular weight excluding hydrogens is 484 g/mol. The second kappa shape index (κ2) is 11.2. The van der Waals surface area contributed by atoms with Gasteiger partial charge in [0.2, 0.25) is 0 Å². The largest absolute Gasteiger partial charge is 0.497 e. The van der Waals surface area contributed by atoms with Gasteiger partial charge in [-0.3, -0.25) is 9.88 Å². The zero-order chi connectivity index (χ0) is 26.9. The average Bonchev–Trinajstić information content (AvgIpc) is 2.92. The van der Waals surface area contributed by atoms with Crippen LogP contribution in [0.2, 0.25) is 0 Å². The third-order valence-corrected chi connectivity index (χ3v) is 7.66. The summed E-state index contributed by atoms with van der Waals surface area (Å²) in [5, 5.41) is 12.1. The molecule has 1 aliphatic rings. The van der Waals surface area contributed by atoms with Gasteiger partial charge in [0.15, 0.2) is 23.3 Å². The Labute approximate surface area is 214 Å². The molecule has 8 heteroatoms. The second-order valence-corrected chi connectivity index (χ2v) is 9.98. The Balaban J connectivity index is 1.47. The first-order valence-electron chi connectivity index (χ1n) is 12.4. The number of pyridine rings is 1. The first-order chi connectivity index (χ1) is 17.7. The van der Waals surface area contributed by atoms with Crippen LogP contribution in [-0.2, 0) is 6.54 Å². The maximum absolute atomic E-state index is 14.4. The molecule has 1 aromatic heterocycles. The third-order valence-electron chi connectivity index (χ3n) is 7.66. The lowest BCUT2D eigenvalue weighted by atomic mass is 9.77. The number of piperidine rings is 1. The van der Waals surface area contributed by atoms with Gasteiger partial charge in [0.05, 0.1) is 18.7 Å². The smallest absolute Gasteiger partial charge is 0.166 e. The molecule has 198 valence electrons. The van der Waals surface area contributed by atoms with E-state index in [9.17, 15) is 22.7 Å². The quantitative estimate of drug-likeness (QED) is 0.211. The first kappa shape index (κ1) is 27.1. The summed E-state index contributed by atoms with van der Waals surface area (Å²) in [6, 6.07) is 7.37. The van der Waals surface area contributed by atoms with Gasteiger partial charge in [-0.1, -0.05) is 13.0 Å². The van der Waals surface area contributed by atoms with Crippen LogP contribution in [0.3, 0.4) is 0 Å². The number of nitrogens with zero attached hydrogens (tertiary/aromatic N) is 2. The number of hydrogen-bond acceptors (Lipinski definition) is 4. The van der Waals surface area contributed by atoms with Crippen LogP contribution in [-0.4, -0.2) is 35.2 Å². The van der Waals surface area contributed by atoms with E-state index < -0.39 is 40.5 Å². The average molecular weight is 517 g/mol. The summed E-state index contributed by atoms with van der Waals surface area (Å²) >= 11 is 0. The predicted octanol–water partition coefficient (Wildman–Crippen LogP) is 6.49. The van der Waals surface area contributed by atoms with Crippen molar-refractivity contribution >= 4 is 10.9 Å². The maximum Gasteiger partial charge on any atom is 0.166 e. The monoisotopic (exact) mass is 516 g/mol. The summed E-state index contributed by atoms with van der Waals surface area (Å²) in [7, 11) is 1.59. The molecule has 1 N–H and O–H groups in total. The van der Waals surface area contributed by atoms with Gasteiger partial charge in [-0.25, -0.2) is 17.6 Å². The Kier molecular flexibility index (Phi) is 8.19. The zero-order valence-corrected chi connectivity index (χ0v) is 21.3. The summed E-state index contributed by atoms with van der Waals surface area (Å²) in [5.41, 5.74) is 0.295. The minimum absolute atomic E-state index is 0.0102. The van der Waals surface area contributed by atoms with E-state index in [-0.39, 0.29) is 24.3 Å². The third kappa shape index (κ3) is 5.36. The molecule has 4 atom stereocenters. The van der Waals surface area contributed by atoms with Crippen molar-refractivity contribution in [3.8, 4) is 5.75 Å². The van der Waals surface area contributed by atoms with E-state index in [2.05, 4.69) is 11.6 Å². The number of halogens is 4. The highest BCUT2D eigenvalue weighted by atomic mass is 19.2. The van der Waals surface area contributed by atoms with Crippen molar-refractivity contribution < 1.29 is 27.4 Å². The number of aliphatic hydroxyl groups is 1. The van der Waals surface area contributed by atoms with E-state index in [1.54, 1.807) is 18.2 Å². The topological polar surface area (TPSA) is 45.6 Å². The Bertz CT molecular complexity index is 1270. The molecule has 0 saturated carbocycles. The van der Waals surface area contributed by atoms with E-state index in [1.165, 1.54) is 0 Å².